The van der Waals surface area contributed by atoms with Crippen LogP contribution in [-0.2, 0) is 0 Å². The first kappa shape index (κ1) is 12.7. The van der Waals surface area contributed by atoms with E-state index in [1.165, 1.54) is 0 Å². The third kappa shape index (κ3) is 5.36. The fourth-order valence-electron chi connectivity index (χ4n) is 1.10. The predicted octanol–water partition coefficient (Wildman–Crippen LogP) is -0.0351. The zero-order valence-electron chi connectivity index (χ0n) is 8.24. The van der Waals surface area contributed by atoms with Crippen molar-refractivity contribution >= 4 is 12.1 Å². The molecule has 0 aliphatic rings. The smallest absolute Gasteiger partial charge is 0.322 e. The van der Waals surface area contributed by atoms with E-state index in [0.29, 0.717) is 13.0 Å². The average Bonchev–Trinajstić information content (AvgIpc) is 2.09. The van der Waals surface area contributed by atoms with Crippen LogP contribution in [0.4, 0.5) is 9.59 Å². The van der Waals surface area contributed by atoms with Crippen LogP contribution >= 0.6 is 0 Å². The largest absolute Gasteiger partial charge is 0.351 e. The highest BCUT2D eigenvalue weighted by Gasteiger charge is 2.13. The molecule has 14 heavy (non-hydrogen) atoms. The third-order valence-electron chi connectivity index (χ3n) is 1.87. The van der Waals surface area contributed by atoms with E-state index in [9.17, 15) is 9.59 Å². The van der Waals surface area contributed by atoms with Crippen LogP contribution < -0.4 is 17.2 Å². The molecule has 0 aromatic rings. The summed E-state index contributed by atoms with van der Waals surface area (Å²) in [7, 11) is 0. The van der Waals surface area contributed by atoms with Gasteiger partial charge in [-0.25, -0.2) is 14.5 Å². The van der Waals surface area contributed by atoms with E-state index in [0.717, 1.165) is 24.2 Å². The number of unbranched alkanes of at least 4 members (excludes halogenated alkanes) is 3. The Kier molecular flexibility index (Phi) is 6.47. The van der Waals surface area contributed by atoms with E-state index >= 15 is 0 Å². The van der Waals surface area contributed by atoms with Crippen LogP contribution in [0.25, 0.3) is 0 Å². The molecule has 0 heterocycles. The van der Waals surface area contributed by atoms with Gasteiger partial charge in [-0.2, -0.15) is 0 Å². The number of amides is 4. The van der Waals surface area contributed by atoms with Gasteiger partial charge in [0.2, 0.25) is 0 Å². The van der Waals surface area contributed by atoms with Gasteiger partial charge in [-0.15, -0.1) is 0 Å². The molecule has 82 valence electrons. The van der Waals surface area contributed by atoms with Crippen molar-refractivity contribution in [1.29, 1.82) is 0 Å². The standard InChI is InChI=1S/C8H18N4O2/c9-5-3-1-2-4-6-12(7(10)13)8(11)14/h1-6,9H2,(H2,10,13)(H2,11,14). The molecule has 6 nitrogen and oxygen atoms in total. The van der Waals surface area contributed by atoms with E-state index in [2.05, 4.69) is 0 Å². The molecule has 0 aliphatic carbocycles. The van der Waals surface area contributed by atoms with Gasteiger partial charge in [0, 0.05) is 6.54 Å². The first-order chi connectivity index (χ1) is 6.59. The lowest BCUT2D eigenvalue weighted by atomic mass is 10.2. The minimum atomic E-state index is -0.795. The summed E-state index contributed by atoms with van der Waals surface area (Å²) in [4.78, 5) is 22.2. The van der Waals surface area contributed by atoms with Crippen LogP contribution in [0.5, 0.6) is 0 Å². The number of carbonyl (C=O) groups excluding carboxylic acids is 2. The summed E-state index contributed by atoms with van der Waals surface area (Å²) in [5.74, 6) is 0. The molecule has 0 unspecified atom stereocenters. The molecule has 0 aliphatic heterocycles. The zero-order chi connectivity index (χ0) is 11.0. The average molecular weight is 202 g/mol. The second kappa shape index (κ2) is 7.14. The van der Waals surface area contributed by atoms with Crippen molar-refractivity contribution in [2.75, 3.05) is 13.1 Å². The Hall–Kier alpha value is -1.30. The number of primary amides is 2. The number of urea groups is 2. The van der Waals surface area contributed by atoms with E-state index in [4.69, 9.17) is 17.2 Å². The number of hydrogen-bond acceptors (Lipinski definition) is 3. The third-order valence-corrected chi connectivity index (χ3v) is 1.87. The van der Waals surface area contributed by atoms with Gasteiger partial charge in [0.25, 0.3) is 0 Å². The lowest BCUT2D eigenvalue weighted by molar-refractivity contribution is 0.196. The van der Waals surface area contributed by atoms with Crippen molar-refractivity contribution in [2.45, 2.75) is 25.7 Å². The summed E-state index contributed by atoms with van der Waals surface area (Å²) in [5, 5.41) is 0. The summed E-state index contributed by atoms with van der Waals surface area (Å²) >= 11 is 0. The topological polar surface area (TPSA) is 115 Å². The van der Waals surface area contributed by atoms with Gasteiger partial charge < -0.3 is 17.2 Å². The maximum absolute atomic E-state index is 10.7. The molecular weight excluding hydrogens is 184 g/mol. The number of nitrogens with zero attached hydrogens (tertiary/aromatic N) is 1. The number of hydrogen-bond donors (Lipinski definition) is 3. The fraction of sp³-hybridized carbons (Fsp3) is 0.750. The fourth-order valence-corrected chi connectivity index (χ4v) is 1.10. The Morgan fingerprint density at radius 3 is 1.86 bits per heavy atom. The van der Waals surface area contributed by atoms with Gasteiger partial charge >= 0.3 is 12.1 Å². The molecule has 0 radical (unpaired) electrons. The number of imide groups is 1. The van der Waals surface area contributed by atoms with Crippen molar-refractivity contribution < 1.29 is 9.59 Å². The van der Waals surface area contributed by atoms with Crippen molar-refractivity contribution in [2.24, 2.45) is 17.2 Å². The molecule has 0 bridgehead atoms. The van der Waals surface area contributed by atoms with Crippen LogP contribution in [0, 0.1) is 0 Å². The van der Waals surface area contributed by atoms with Crippen LogP contribution in [0.2, 0.25) is 0 Å². The van der Waals surface area contributed by atoms with Crippen LogP contribution in [0.15, 0.2) is 0 Å². The molecule has 6 heteroatoms. The second-order valence-electron chi connectivity index (χ2n) is 3.03. The summed E-state index contributed by atoms with van der Waals surface area (Å²) in [6.07, 6.45) is 3.56. The van der Waals surface area contributed by atoms with Gasteiger partial charge in [-0.3, -0.25) is 0 Å². The van der Waals surface area contributed by atoms with Gasteiger partial charge in [0.15, 0.2) is 0 Å². The lowest BCUT2D eigenvalue weighted by Crippen LogP contribution is -2.44. The molecule has 6 N–H and O–H groups in total. The van der Waals surface area contributed by atoms with E-state index in [1.807, 2.05) is 0 Å². The van der Waals surface area contributed by atoms with Gasteiger partial charge in [0.05, 0.1) is 0 Å². The van der Waals surface area contributed by atoms with Gasteiger partial charge in [0.1, 0.15) is 0 Å². The van der Waals surface area contributed by atoms with Crippen molar-refractivity contribution in [3.05, 3.63) is 0 Å². The summed E-state index contributed by atoms with van der Waals surface area (Å²) < 4.78 is 0. The highest BCUT2D eigenvalue weighted by atomic mass is 16.2. The molecule has 0 fully saturated rings. The molecule has 0 saturated heterocycles. The Morgan fingerprint density at radius 1 is 0.929 bits per heavy atom. The van der Waals surface area contributed by atoms with E-state index < -0.39 is 12.1 Å². The van der Waals surface area contributed by atoms with Crippen LogP contribution in [-0.4, -0.2) is 30.1 Å². The Balaban J connectivity index is 3.62. The summed E-state index contributed by atoms with van der Waals surface area (Å²) in [5.41, 5.74) is 15.2. The van der Waals surface area contributed by atoms with Crippen molar-refractivity contribution in [1.82, 2.24) is 4.90 Å². The van der Waals surface area contributed by atoms with Crippen molar-refractivity contribution in [3.63, 3.8) is 0 Å². The number of rotatable bonds is 6. The molecule has 0 aromatic heterocycles. The van der Waals surface area contributed by atoms with Crippen LogP contribution in [0.1, 0.15) is 25.7 Å². The molecule has 0 atom stereocenters. The number of carbonyl (C=O) groups is 2. The maximum Gasteiger partial charge on any atom is 0.322 e. The number of nitrogens with two attached hydrogens (primary N) is 3. The SMILES string of the molecule is NCCCCCCN(C(N)=O)C(N)=O. The molecule has 0 rings (SSSR count). The lowest BCUT2D eigenvalue weighted by Gasteiger charge is -2.14. The first-order valence-corrected chi connectivity index (χ1v) is 4.66. The molecular formula is C8H18N4O2. The molecule has 0 aromatic carbocycles. The van der Waals surface area contributed by atoms with E-state index in [1.54, 1.807) is 0 Å². The Labute approximate surface area is 83.4 Å². The monoisotopic (exact) mass is 202 g/mol. The normalized spacial score (nSPS) is 9.79. The highest BCUT2D eigenvalue weighted by molar-refractivity contribution is 5.91. The highest BCUT2D eigenvalue weighted by Crippen LogP contribution is 2.00. The maximum atomic E-state index is 10.7. The van der Waals surface area contributed by atoms with E-state index in [-0.39, 0.29) is 6.54 Å². The quantitative estimate of drug-likeness (QED) is 0.525. The zero-order valence-corrected chi connectivity index (χ0v) is 8.24. The van der Waals surface area contributed by atoms with Gasteiger partial charge in [-0.1, -0.05) is 12.8 Å². The Morgan fingerprint density at radius 2 is 1.43 bits per heavy atom. The minimum Gasteiger partial charge on any atom is -0.351 e. The Bertz CT molecular complexity index is 182. The summed E-state index contributed by atoms with van der Waals surface area (Å²) in [6, 6.07) is -1.59. The molecule has 0 spiro atoms. The molecule has 4 amide bonds. The summed E-state index contributed by atoms with van der Waals surface area (Å²) in [6.45, 7) is 0.949. The predicted molar refractivity (Wildman–Crippen MR) is 53.4 cm³/mol. The van der Waals surface area contributed by atoms with Crippen LogP contribution in [0.3, 0.4) is 0 Å². The molecule has 0 saturated carbocycles. The van der Waals surface area contributed by atoms with Gasteiger partial charge in [-0.05, 0) is 19.4 Å². The minimum absolute atomic E-state index is 0.287. The van der Waals surface area contributed by atoms with Crippen molar-refractivity contribution in [3.8, 4) is 0 Å². The second-order valence-corrected chi connectivity index (χ2v) is 3.03. The first-order valence-electron chi connectivity index (χ1n) is 4.66.